The Morgan fingerprint density at radius 3 is 2.36 bits per heavy atom. The van der Waals surface area contributed by atoms with E-state index in [0.29, 0.717) is 16.1 Å². The van der Waals surface area contributed by atoms with Gasteiger partial charge in [-0.15, -0.1) is 11.3 Å². The molecule has 0 aliphatic carbocycles. The van der Waals surface area contributed by atoms with Crippen LogP contribution in [0.4, 0.5) is 5.69 Å². The second-order valence-corrected chi connectivity index (χ2v) is 6.84. The van der Waals surface area contributed by atoms with Crippen molar-refractivity contribution in [2.24, 2.45) is 0 Å². The summed E-state index contributed by atoms with van der Waals surface area (Å²) in [5, 5.41) is 7.36. The molecular formula is C18H21N3O3S. The first-order valence-corrected chi connectivity index (χ1v) is 8.74. The van der Waals surface area contributed by atoms with E-state index in [9.17, 15) is 14.4 Å². The number of likely N-dealkylation sites (N-methyl/N-ethyl adjacent to an activating group) is 1. The van der Waals surface area contributed by atoms with Gasteiger partial charge in [-0.05, 0) is 49.6 Å². The number of benzene rings is 1. The monoisotopic (exact) mass is 359 g/mol. The average molecular weight is 359 g/mol. The van der Waals surface area contributed by atoms with Crippen molar-refractivity contribution in [3.05, 3.63) is 52.2 Å². The first kappa shape index (κ1) is 18.7. The number of nitrogens with zero attached hydrogens (tertiary/aromatic N) is 1. The molecule has 0 fully saturated rings. The summed E-state index contributed by atoms with van der Waals surface area (Å²) in [4.78, 5) is 38.1. The summed E-state index contributed by atoms with van der Waals surface area (Å²) in [6, 6.07) is 10.2. The molecule has 2 aromatic rings. The van der Waals surface area contributed by atoms with Crippen LogP contribution in [0.3, 0.4) is 0 Å². The fourth-order valence-corrected chi connectivity index (χ4v) is 2.79. The third-order valence-electron chi connectivity index (χ3n) is 3.31. The Morgan fingerprint density at radius 2 is 1.80 bits per heavy atom. The fourth-order valence-electron chi connectivity index (χ4n) is 2.17. The van der Waals surface area contributed by atoms with Gasteiger partial charge in [0, 0.05) is 24.3 Å². The van der Waals surface area contributed by atoms with E-state index in [1.165, 1.54) is 16.2 Å². The number of thiophene rings is 1. The minimum Gasteiger partial charge on any atom is -0.352 e. The van der Waals surface area contributed by atoms with Crippen molar-refractivity contribution >= 4 is 34.7 Å². The van der Waals surface area contributed by atoms with E-state index in [1.807, 2.05) is 25.3 Å². The summed E-state index contributed by atoms with van der Waals surface area (Å²) in [5.41, 5.74) is 1.06. The van der Waals surface area contributed by atoms with E-state index in [0.717, 1.165) is 0 Å². The van der Waals surface area contributed by atoms with E-state index >= 15 is 0 Å². The predicted octanol–water partition coefficient (Wildman–Crippen LogP) is 2.60. The molecule has 0 aliphatic heterocycles. The molecule has 0 atom stereocenters. The number of carbonyl (C=O) groups is 3. The third kappa shape index (κ3) is 5.42. The zero-order chi connectivity index (χ0) is 18.4. The summed E-state index contributed by atoms with van der Waals surface area (Å²) in [6.07, 6.45) is 0. The maximum absolute atomic E-state index is 12.3. The SMILES string of the molecule is CC(C)NC(=O)CN(C)C(=O)c1ccc(NC(=O)c2cccs2)cc1. The van der Waals surface area contributed by atoms with Crippen molar-refractivity contribution in [3.8, 4) is 0 Å². The van der Waals surface area contributed by atoms with Gasteiger partial charge in [-0.25, -0.2) is 0 Å². The molecule has 0 bridgehead atoms. The van der Waals surface area contributed by atoms with Crippen LogP contribution in [0.15, 0.2) is 41.8 Å². The third-order valence-corrected chi connectivity index (χ3v) is 4.18. The molecule has 0 spiro atoms. The molecule has 7 heteroatoms. The van der Waals surface area contributed by atoms with Gasteiger partial charge in [-0.1, -0.05) is 6.07 Å². The molecule has 0 unspecified atom stereocenters. The summed E-state index contributed by atoms with van der Waals surface area (Å²) < 4.78 is 0. The van der Waals surface area contributed by atoms with Crippen molar-refractivity contribution in [1.29, 1.82) is 0 Å². The van der Waals surface area contributed by atoms with Gasteiger partial charge >= 0.3 is 0 Å². The van der Waals surface area contributed by atoms with Crippen molar-refractivity contribution in [2.45, 2.75) is 19.9 Å². The van der Waals surface area contributed by atoms with Crippen LogP contribution in [0.25, 0.3) is 0 Å². The summed E-state index contributed by atoms with van der Waals surface area (Å²) in [7, 11) is 1.58. The van der Waals surface area contributed by atoms with Crippen molar-refractivity contribution < 1.29 is 14.4 Å². The van der Waals surface area contributed by atoms with E-state index in [2.05, 4.69) is 10.6 Å². The maximum atomic E-state index is 12.3. The van der Waals surface area contributed by atoms with E-state index in [-0.39, 0.29) is 30.3 Å². The minimum absolute atomic E-state index is 0.00607. The van der Waals surface area contributed by atoms with Crippen LogP contribution in [0, 0.1) is 0 Å². The maximum Gasteiger partial charge on any atom is 0.265 e. The molecule has 0 aliphatic rings. The molecule has 1 heterocycles. The quantitative estimate of drug-likeness (QED) is 0.832. The lowest BCUT2D eigenvalue weighted by molar-refractivity contribution is -0.122. The first-order chi connectivity index (χ1) is 11.9. The highest BCUT2D eigenvalue weighted by molar-refractivity contribution is 7.12. The molecule has 3 amide bonds. The van der Waals surface area contributed by atoms with E-state index < -0.39 is 0 Å². The fraction of sp³-hybridized carbons (Fsp3) is 0.278. The lowest BCUT2D eigenvalue weighted by Crippen LogP contribution is -2.40. The molecule has 25 heavy (non-hydrogen) atoms. The smallest absolute Gasteiger partial charge is 0.265 e. The molecule has 0 radical (unpaired) electrons. The number of hydrogen-bond acceptors (Lipinski definition) is 4. The Morgan fingerprint density at radius 1 is 1.12 bits per heavy atom. The first-order valence-electron chi connectivity index (χ1n) is 7.86. The van der Waals surface area contributed by atoms with Gasteiger partial charge in [0.1, 0.15) is 0 Å². The molecule has 1 aromatic carbocycles. The second-order valence-electron chi connectivity index (χ2n) is 5.89. The van der Waals surface area contributed by atoms with Crippen LogP contribution in [0.1, 0.15) is 33.9 Å². The van der Waals surface area contributed by atoms with Crippen molar-refractivity contribution in [2.75, 3.05) is 18.9 Å². The second kappa shape index (κ2) is 8.43. The minimum atomic E-state index is -0.255. The zero-order valence-electron chi connectivity index (χ0n) is 14.4. The number of rotatable bonds is 6. The van der Waals surface area contributed by atoms with Gasteiger partial charge < -0.3 is 15.5 Å². The van der Waals surface area contributed by atoms with Crippen molar-refractivity contribution in [3.63, 3.8) is 0 Å². The van der Waals surface area contributed by atoms with Gasteiger partial charge in [-0.3, -0.25) is 14.4 Å². The van der Waals surface area contributed by atoms with Crippen LogP contribution in [-0.4, -0.2) is 42.3 Å². The molecule has 2 rings (SSSR count). The summed E-state index contributed by atoms with van der Waals surface area (Å²) in [5.74, 6) is -0.641. The predicted molar refractivity (Wildman–Crippen MR) is 99.0 cm³/mol. The van der Waals surface area contributed by atoms with Crippen LogP contribution in [-0.2, 0) is 4.79 Å². The van der Waals surface area contributed by atoms with Crippen LogP contribution in [0.2, 0.25) is 0 Å². The molecule has 1 aromatic heterocycles. The summed E-state index contributed by atoms with van der Waals surface area (Å²) in [6.45, 7) is 3.72. The Labute approximate surface area is 150 Å². The number of carbonyl (C=O) groups excluding carboxylic acids is 3. The Hall–Kier alpha value is -2.67. The highest BCUT2D eigenvalue weighted by Crippen LogP contribution is 2.15. The van der Waals surface area contributed by atoms with Gasteiger partial charge in [0.15, 0.2) is 0 Å². The van der Waals surface area contributed by atoms with Crippen LogP contribution >= 0.6 is 11.3 Å². The molecular weight excluding hydrogens is 338 g/mol. The lowest BCUT2D eigenvalue weighted by Gasteiger charge is -2.18. The van der Waals surface area contributed by atoms with E-state index in [1.54, 1.807) is 37.4 Å². The van der Waals surface area contributed by atoms with Gasteiger partial charge in [0.05, 0.1) is 11.4 Å². The Kier molecular flexibility index (Phi) is 6.30. The summed E-state index contributed by atoms with van der Waals surface area (Å²) >= 11 is 1.36. The Bertz CT molecular complexity index is 739. The van der Waals surface area contributed by atoms with Crippen LogP contribution < -0.4 is 10.6 Å². The average Bonchev–Trinajstić information content (AvgIpc) is 3.08. The highest BCUT2D eigenvalue weighted by atomic mass is 32.1. The molecule has 132 valence electrons. The largest absolute Gasteiger partial charge is 0.352 e. The van der Waals surface area contributed by atoms with Gasteiger partial charge in [-0.2, -0.15) is 0 Å². The topological polar surface area (TPSA) is 78.5 Å². The van der Waals surface area contributed by atoms with E-state index in [4.69, 9.17) is 0 Å². The van der Waals surface area contributed by atoms with Crippen molar-refractivity contribution in [1.82, 2.24) is 10.2 Å². The normalized spacial score (nSPS) is 10.4. The number of hydrogen-bond donors (Lipinski definition) is 2. The zero-order valence-corrected chi connectivity index (χ0v) is 15.2. The number of nitrogens with one attached hydrogen (secondary N) is 2. The number of anilines is 1. The van der Waals surface area contributed by atoms with Gasteiger partial charge in [0.25, 0.3) is 11.8 Å². The highest BCUT2D eigenvalue weighted by Gasteiger charge is 2.15. The molecule has 6 nitrogen and oxygen atoms in total. The number of amides is 3. The lowest BCUT2D eigenvalue weighted by atomic mass is 10.2. The molecule has 0 saturated heterocycles. The molecule has 0 saturated carbocycles. The molecule has 2 N–H and O–H groups in total. The van der Waals surface area contributed by atoms with Gasteiger partial charge in [0.2, 0.25) is 5.91 Å². The Balaban J connectivity index is 1.95. The van der Waals surface area contributed by atoms with Crippen LogP contribution in [0.5, 0.6) is 0 Å². The standard InChI is InChI=1S/C18H21N3O3S/c1-12(2)19-16(22)11-21(3)18(24)13-6-8-14(9-7-13)20-17(23)15-5-4-10-25-15/h4-10,12H,11H2,1-3H3,(H,19,22)(H,20,23).